The van der Waals surface area contributed by atoms with E-state index in [9.17, 15) is 8.42 Å². The molecule has 102 valence electrons. The molecule has 2 aromatic rings. The molecule has 0 saturated carbocycles. The van der Waals surface area contributed by atoms with E-state index < -0.39 is 10.0 Å². The average molecular weight is 361 g/mol. The number of hydrogen-bond donors (Lipinski definition) is 0. The first-order chi connectivity index (χ1) is 8.89. The largest absolute Gasteiger partial charge is 0.254 e. The molecule has 0 aliphatic rings. The molecule has 2 rings (SSSR count). The van der Waals surface area contributed by atoms with E-state index >= 15 is 0 Å². The van der Waals surface area contributed by atoms with Gasteiger partial charge in [0.2, 0.25) is 0 Å². The Morgan fingerprint density at radius 1 is 1.32 bits per heavy atom. The molecule has 0 spiro atoms. The summed E-state index contributed by atoms with van der Waals surface area (Å²) in [6.45, 7) is 2.13. The van der Waals surface area contributed by atoms with Crippen molar-refractivity contribution in [2.45, 2.75) is 17.7 Å². The number of rotatable bonds is 4. The van der Waals surface area contributed by atoms with E-state index in [0.29, 0.717) is 6.54 Å². The lowest BCUT2D eigenvalue weighted by Gasteiger charge is -2.15. The number of hydrogen-bond acceptors (Lipinski definition) is 4. The molecule has 1 aromatic carbocycles. The van der Waals surface area contributed by atoms with Gasteiger partial charge in [-0.3, -0.25) is 0 Å². The second-order valence-electron chi connectivity index (χ2n) is 4.09. The van der Waals surface area contributed by atoms with Gasteiger partial charge in [0.05, 0.1) is 11.2 Å². The van der Waals surface area contributed by atoms with Crippen LogP contribution >= 0.6 is 27.3 Å². The normalized spacial score (nSPS) is 12.0. The van der Waals surface area contributed by atoms with Gasteiger partial charge in [-0.25, -0.2) is 13.4 Å². The number of halogens is 1. The maximum Gasteiger partial charge on any atom is 0.254 e. The number of aryl methyl sites for hydroxylation is 1. The number of sulfonamides is 1. The van der Waals surface area contributed by atoms with Gasteiger partial charge in [0.25, 0.3) is 10.0 Å². The van der Waals surface area contributed by atoms with Gasteiger partial charge < -0.3 is 0 Å². The summed E-state index contributed by atoms with van der Waals surface area (Å²) in [6, 6.07) is 7.58. The van der Waals surface area contributed by atoms with Crippen molar-refractivity contribution in [3.63, 3.8) is 0 Å². The van der Waals surface area contributed by atoms with Crippen LogP contribution in [-0.4, -0.2) is 24.8 Å². The van der Waals surface area contributed by atoms with E-state index in [1.165, 1.54) is 21.8 Å². The van der Waals surface area contributed by atoms with Crippen molar-refractivity contribution >= 4 is 37.3 Å². The molecule has 0 aliphatic heterocycles. The van der Waals surface area contributed by atoms with E-state index in [2.05, 4.69) is 20.9 Å². The second-order valence-corrected chi connectivity index (χ2v) is 8.51. The van der Waals surface area contributed by atoms with Gasteiger partial charge in [-0.05, 0) is 24.6 Å². The van der Waals surface area contributed by atoms with Gasteiger partial charge in [-0.2, -0.15) is 4.31 Å². The molecule has 0 aliphatic carbocycles. The molecule has 0 unspecified atom stereocenters. The van der Waals surface area contributed by atoms with Crippen LogP contribution in [0.5, 0.6) is 0 Å². The van der Waals surface area contributed by atoms with Crippen LogP contribution in [-0.2, 0) is 16.6 Å². The van der Waals surface area contributed by atoms with Crippen LogP contribution in [0, 0.1) is 6.92 Å². The topological polar surface area (TPSA) is 50.3 Å². The highest BCUT2D eigenvalue weighted by atomic mass is 79.9. The molecule has 7 heteroatoms. The lowest BCUT2D eigenvalue weighted by atomic mass is 10.2. The number of benzene rings is 1. The Bertz CT molecular complexity index is 665. The van der Waals surface area contributed by atoms with Crippen molar-refractivity contribution in [1.29, 1.82) is 0 Å². The molecule has 19 heavy (non-hydrogen) atoms. The summed E-state index contributed by atoms with van der Waals surface area (Å²) in [5.74, 6) is 0. The quantitative estimate of drug-likeness (QED) is 0.841. The van der Waals surface area contributed by atoms with Crippen LogP contribution in [0.2, 0.25) is 0 Å². The molecule has 4 nitrogen and oxygen atoms in total. The standard InChI is InChI=1S/C12H13BrN2O2S2/c1-9-14-7-12(18-9)19(16,17)15(2)8-10-3-5-11(13)6-4-10/h3-7H,8H2,1-2H3. The van der Waals surface area contributed by atoms with Crippen molar-refractivity contribution in [3.8, 4) is 0 Å². The maximum atomic E-state index is 12.3. The third kappa shape index (κ3) is 3.42. The van der Waals surface area contributed by atoms with Gasteiger partial charge >= 0.3 is 0 Å². The first-order valence-electron chi connectivity index (χ1n) is 5.53. The summed E-state index contributed by atoms with van der Waals surface area (Å²) >= 11 is 4.54. The van der Waals surface area contributed by atoms with Crippen molar-refractivity contribution in [1.82, 2.24) is 9.29 Å². The van der Waals surface area contributed by atoms with Gasteiger partial charge in [-0.15, -0.1) is 11.3 Å². The summed E-state index contributed by atoms with van der Waals surface area (Å²) in [6.07, 6.45) is 1.41. The van der Waals surface area contributed by atoms with Gasteiger partial charge in [-0.1, -0.05) is 28.1 Å². The minimum Gasteiger partial charge on any atom is -0.249 e. The Balaban J connectivity index is 2.19. The second kappa shape index (κ2) is 5.70. The van der Waals surface area contributed by atoms with Crippen molar-refractivity contribution < 1.29 is 8.42 Å². The fourth-order valence-corrected chi connectivity index (χ4v) is 4.29. The molecular formula is C12H13BrN2O2S2. The monoisotopic (exact) mass is 360 g/mol. The Kier molecular flexibility index (Phi) is 4.39. The van der Waals surface area contributed by atoms with Crippen LogP contribution in [0.4, 0.5) is 0 Å². The summed E-state index contributed by atoms with van der Waals surface area (Å²) in [7, 11) is -1.87. The van der Waals surface area contributed by atoms with E-state index in [1.54, 1.807) is 14.0 Å². The zero-order chi connectivity index (χ0) is 14.0. The summed E-state index contributed by atoms with van der Waals surface area (Å²) in [5, 5.41) is 0.746. The lowest BCUT2D eigenvalue weighted by molar-refractivity contribution is 0.468. The molecule has 1 heterocycles. The Morgan fingerprint density at radius 3 is 2.47 bits per heavy atom. The highest BCUT2D eigenvalue weighted by molar-refractivity contribution is 9.10. The van der Waals surface area contributed by atoms with Crippen LogP contribution in [0.15, 0.2) is 39.1 Å². The summed E-state index contributed by atoms with van der Waals surface area (Å²) in [5.41, 5.74) is 0.940. The van der Waals surface area contributed by atoms with E-state index in [4.69, 9.17) is 0 Å². The number of nitrogens with zero attached hydrogens (tertiary/aromatic N) is 2. The highest BCUT2D eigenvalue weighted by Crippen LogP contribution is 2.22. The Morgan fingerprint density at radius 2 is 1.95 bits per heavy atom. The summed E-state index contributed by atoms with van der Waals surface area (Å²) < 4.78 is 27.2. The van der Waals surface area contributed by atoms with Gasteiger partial charge in [0.15, 0.2) is 4.21 Å². The first kappa shape index (κ1) is 14.6. The van der Waals surface area contributed by atoms with Crippen LogP contribution < -0.4 is 0 Å². The lowest BCUT2D eigenvalue weighted by Crippen LogP contribution is -2.25. The van der Waals surface area contributed by atoms with E-state index in [0.717, 1.165) is 15.0 Å². The third-order valence-corrected chi connectivity index (χ3v) is 6.26. The zero-order valence-electron chi connectivity index (χ0n) is 10.5. The third-order valence-electron chi connectivity index (χ3n) is 2.58. The van der Waals surface area contributed by atoms with Crippen molar-refractivity contribution in [2.24, 2.45) is 0 Å². The van der Waals surface area contributed by atoms with Crippen LogP contribution in [0.1, 0.15) is 10.6 Å². The molecule has 0 amide bonds. The van der Waals surface area contributed by atoms with Crippen LogP contribution in [0.3, 0.4) is 0 Å². The van der Waals surface area contributed by atoms with Gasteiger partial charge in [0.1, 0.15) is 0 Å². The maximum absolute atomic E-state index is 12.3. The molecular weight excluding hydrogens is 348 g/mol. The molecule has 0 N–H and O–H groups in total. The first-order valence-corrected chi connectivity index (χ1v) is 8.58. The molecule has 0 atom stereocenters. The van der Waals surface area contributed by atoms with Crippen LogP contribution in [0.25, 0.3) is 0 Å². The molecule has 0 fully saturated rings. The highest BCUT2D eigenvalue weighted by Gasteiger charge is 2.23. The minimum absolute atomic E-state index is 0.282. The molecule has 1 aromatic heterocycles. The molecule has 0 bridgehead atoms. The SMILES string of the molecule is Cc1ncc(S(=O)(=O)N(C)Cc2ccc(Br)cc2)s1. The minimum atomic E-state index is -3.45. The molecule has 0 radical (unpaired) electrons. The van der Waals surface area contributed by atoms with E-state index in [-0.39, 0.29) is 4.21 Å². The smallest absolute Gasteiger partial charge is 0.249 e. The predicted octanol–water partition coefficient (Wildman–Crippen LogP) is 3.03. The van der Waals surface area contributed by atoms with Crippen molar-refractivity contribution in [3.05, 3.63) is 45.5 Å². The average Bonchev–Trinajstić information content (AvgIpc) is 2.79. The summed E-state index contributed by atoms with van der Waals surface area (Å²) in [4.78, 5) is 3.99. The van der Waals surface area contributed by atoms with Crippen molar-refractivity contribution in [2.75, 3.05) is 7.05 Å². The molecule has 0 saturated heterocycles. The number of aromatic nitrogens is 1. The fourth-order valence-electron chi connectivity index (χ4n) is 1.55. The number of thiazole rings is 1. The van der Waals surface area contributed by atoms with E-state index in [1.807, 2.05) is 24.3 Å². The fraction of sp³-hybridized carbons (Fsp3) is 0.250. The Labute approximate surface area is 125 Å². The van der Waals surface area contributed by atoms with Gasteiger partial charge in [0, 0.05) is 18.1 Å². The zero-order valence-corrected chi connectivity index (χ0v) is 13.7. The predicted molar refractivity (Wildman–Crippen MR) is 79.6 cm³/mol. The Hall–Kier alpha value is -0.760.